The lowest BCUT2D eigenvalue weighted by molar-refractivity contribution is -0.145. The number of nitrogens with one attached hydrogen (secondary N) is 1. The quantitative estimate of drug-likeness (QED) is 0.0699. The Kier molecular flexibility index (Phi) is 12.5. The molecular formula is C42H48BrN3O7. The number of carbonyl (C=O) groups is 4. The highest BCUT2D eigenvalue weighted by Crippen LogP contribution is 2.60. The largest absolute Gasteiger partial charge is 0.463 e. The second-order valence-corrected chi connectivity index (χ2v) is 15.3. The van der Waals surface area contributed by atoms with Gasteiger partial charge in [0.1, 0.15) is 18.2 Å². The van der Waals surface area contributed by atoms with Crippen molar-refractivity contribution in [3.63, 3.8) is 0 Å². The van der Waals surface area contributed by atoms with E-state index in [1.54, 1.807) is 22.0 Å². The molecule has 0 aliphatic carbocycles. The molecule has 3 heterocycles. The van der Waals surface area contributed by atoms with Crippen molar-refractivity contribution in [2.24, 2.45) is 11.8 Å². The maximum absolute atomic E-state index is 15.1. The van der Waals surface area contributed by atoms with Gasteiger partial charge in [0.25, 0.3) is 5.91 Å². The Bertz CT molecular complexity index is 1820. The van der Waals surface area contributed by atoms with Crippen LogP contribution in [0.15, 0.2) is 98.1 Å². The second-order valence-electron chi connectivity index (χ2n) is 14.1. The molecule has 3 aliphatic rings. The lowest BCUT2D eigenvalue weighted by Gasteiger charge is -2.37. The van der Waals surface area contributed by atoms with Crippen molar-refractivity contribution >= 4 is 56.1 Å². The van der Waals surface area contributed by atoms with E-state index >= 15 is 4.79 Å². The smallest absolute Gasteiger partial charge is 0.306 e. The summed E-state index contributed by atoms with van der Waals surface area (Å²) in [5.41, 5.74) is 0.169. The molecule has 0 aromatic heterocycles. The highest BCUT2D eigenvalue weighted by atomic mass is 79.9. The summed E-state index contributed by atoms with van der Waals surface area (Å²) in [6.45, 7) is 8.12. The third-order valence-electron chi connectivity index (χ3n) is 10.7. The SMILES string of the molecule is C=CCCC(=O)OC[C@@H](NC(=O)[C@H]1[C@@H]2O[C@@]3(CC2Br)[C@@H]1C(=O)N(CCCCCCO)[C@@H]3C(=O)N(CC=C)c1ccc2ccccc2c1)c1ccccc1. The molecule has 53 heavy (non-hydrogen) atoms. The van der Waals surface area contributed by atoms with E-state index in [1.807, 2.05) is 72.8 Å². The standard InChI is InChI=1S/C42H48BrN3O7/c1-3-5-19-34(48)52-27-33(29-16-9-8-10-17-29)44-39(49)35-36-40(50)46(23-13-6-7-14-24-47)38(42(36)26-32(43)37(35)53-42)41(51)45(22-4-2)31-21-20-28-15-11-12-18-30(28)25-31/h3-4,8-12,15-18,20-21,25,32-33,35-38,47H,1-2,5-7,13-14,19,22-24,26-27H2,(H,44,49)/t32?,33-,35-,36+,37-,38-,42+/m1/s1. The number of nitrogens with zero attached hydrogens (tertiary/aromatic N) is 2. The number of aliphatic hydroxyl groups excluding tert-OH is 1. The molecule has 1 unspecified atom stereocenters. The molecule has 0 radical (unpaired) electrons. The molecule has 3 aromatic carbocycles. The molecule has 0 saturated carbocycles. The van der Waals surface area contributed by atoms with Crippen LogP contribution in [0, 0.1) is 11.8 Å². The molecule has 10 nitrogen and oxygen atoms in total. The van der Waals surface area contributed by atoms with E-state index in [0.29, 0.717) is 37.9 Å². The highest BCUT2D eigenvalue weighted by Gasteiger charge is 2.76. The molecule has 3 aliphatic heterocycles. The third kappa shape index (κ3) is 7.84. The third-order valence-corrected chi connectivity index (χ3v) is 11.6. The predicted molar refractivity (Wildman–Crippen MR) is 207 cm³/mol. The Labute approximate surface area is 319 Å². The molecular weight excluding hydrogens is 738 g/mol. The molecule has 3 fully saturated rings. The van der Waals surface area contributed by atoms with Crippen LogP contribution in [0.25, 0.3) is 10.8 Å². The number of rotatable bonds is 18. The molecule has 1 spiro atoms. The fourth-order valence-corrected chi connectivity index (χ4v) is 9.23. The maximum Gasteiger partial charge on any atom is 0.306 e. The summed E-state index contributed by atoms with van der Waals surface area (Å²) in [4.78, 5) is 59.8. The first-order chi connectivity index (χ1) is 25.7. The first kappa shape index (κ1) is 38.4. The Morgan fingerprint density at radius 2 is 1.75 bits per heavy atom. The van der Waals surface area contributed by atoms with Crippen LogP contribution >= 0.6 is 15.9 Å². The number of esters is 1. The Balaban J connectivity index is 1.33. The number of benzene rings is 3. The Morgan fingerprint density at radius 1 is 1.02 bits per heavy atom. The van der Waals surface area contributed by atoms with Crippen LogP contribution in [-0.2, 0) is 28.7 Å². The second kappa shape index (κ2) is 17.2. The molecule has 11 heteroatoms. The summed E-state index contributed by atoms with van der Waals surface area (Å²) in [5.74, 6) is -3.17. The lowest BCUT2D eigenvalue weighted by atomic mass is 9.70. The summed E-state index contributed by atoms with van der Waals surface area (Å²) in [5, 5.41) is 14.4. The zero-order valence-corrected chi connectivity index (χ0v) is 31.5. The minimum Gasteiger partial charge on any atom is -0.463 e. The van der Waals surface area contributed by atoms with Crippen LogP contribution in [0.4, 0.5) is 5.69 Å². The van der Waals surface area contributed by atoms with Crippen LogP contribution in [0.2, 0.25) is 0 Å². The van der Waals surface area contributed by atoms with E-state index in [0.717, 1.165) is 29.2 Å². The van der Waals surface area contributed by atoms with Crippen LogP contribution in [0.5, 0.6) is 0 Å². The van der Waals surface area contributed by atoms with Gasteiger partial charge in [-0.15, -0.1) is 13.2 Å². The number of hydrogen-bond donors (Lipinski definition) is 2. The number of carbonyl (C=O) groups excluding carboxylic acids is 4. The number of anilines is 1. The molecule has 3 aromatic rings. The molecule has 3 saturated heterocycles. The van der Waals surface area contributed by atoms with Gasteiger partial charge in [-0.25, -0.2) is 0 Å². The van der Waals surface area contributed by atoms with Crippen molar-refractivity contribution in [3.8, 4) is 0 Å². The predicted octanol–water partition coefficient (Wildman–Crippen LogP) is 6.03. The first-order valence-electron chi connectivity index (χ1n) is 18.5. The zero-order valence-electron chi connectivity index (χ0n) is 29.9. The fourth-order valence-electron chi connectivity index (χ4n) is 8.28. The number of hydrogen-bond acceptors (Lipinski definition) is 7. The normalized spacial score (nSPS) is 24.8. The van der Waals surface area contributed by atoms with Gasteiger partial charge < -0.3 is 29.7 Å². The van der Waals surface area contributed by atoms with Gasteiger partial charge >= 0.3 is 5.97 Å². The van der Waals surface area contributed by atoms with Crippen molar-refractivity contribution in [1.82, 2.24) is 10.2 Å². The summed E-state index contributed by atoms with van der Waals surface area (Å²) in [6.07, 6.45) is 6.52. The van der Waals surface area contributed by atoms with E-state index in [1.165, 1.54) is 0 Å². The van der Waals surface area contributed by atoms with E-state index in [4.69, 9.17) is 9.47 Å². The minimum atomic E-state index is -1.25. The van der Waals surface area contributed by atoms with E-state index < -0.39 is 47.5 Å². The lowest BCUT2D eigenvalue weighted by Crippen LogP contribution is -2.57. The van der Waals surface area contributed by atoms with Gasteiger partial charge in [-0.3, -0.25) is 19.2 Å². The van der Waals surface area contributed by atoms with Gasteiger partial charge in [0.2, 0.25) is 11.8 Å². The van der Waals surface area contributed by atoms with E-state index in [-0.39, 0.29) is 42.8 Å². The Morgan fingerprint density at radius 3 is 2.49 bits per heavy atom. The van der Waals surface area contributed by atoms with Gasteiger partial charge in [-0.1, -0.05) is 102 Å². The van der Waals surface area contributed by atoms with Crippen LogP contribution in [0.3, 0.4) is 0 Å². The number of aliphatic hydroxyl groups is 1. The summed E-state index contributed by atoms with van der Waals surface area (Å²) >= 11 is 3.78. The van der Waals surface area contributed by atoms with Crippen LogP contribution < -0.4 is 10.2 Å². The van der Waals surface area contributed by atoms with Crippen LogP contribution in [0.1, 0.15) is 56.6 Å². The van der Waals surface area contributed by atoms with Crippen molar-refractivity contribution in [2.75, 3.05) is 31.2 Å². The monoisotopic (exact) mass is 785 g/mol. The molecule has 6 rings (SSSR count). The minimum absolute atomic E-state index is 0.0885. The number of halogens is 1. The van der Waals surface area contributed by atoms with E-state index in [9.17, 15) is 19.5 Å². The Hall–Kier alpha value is -4.32. The molecule has 2 bridgehead atoms. The van der Waals surface area contributed by atoms with Crippen molar-refractivity contribution < 1.29 is 33.8 Å². The number of fused-ring (bicyclic) bond motifs is 2. The van der Waals surface area contributed by atoms with Crippen molar-refractivity contribution in [1.29, 1.82) is 0 Å². The fraction of sp³-hybridized carbons (Fsp3) is 0.429. The number of amides is 3. The maximum atomic E-state index is 15.1. The molecule has 280 valence electrons. The number of ether oxygens (including phenoxy) is 2. The summed E-state index contributed by atoms with van der Waals surface area (Å²) in [6, 6.07) is 21.4. The average Bonchev–Trinajstić information content (AvgIpc) is 3.77. The number of allylic oxidation sites excluding steroid dienone is 1. The van der Waals surface area contributed by atoms with Crippen molar-refractivity contribution in [3.05, 3.63) is 104 Å². The van der Waals surface area contributed by atoms with Gasteiger partial charge in [0.15, 0.2) is 0 Å². The summed E-state index contributed by atoms with van der Waals surface area (Å²) < 4.78 is 12.4. The van der Waals surface area contributed by atoms with Crippen molar-refractivity contribution in [2.45, 2.75) is 73.6 Å². The number of likely N-dealkylation sites (tertiary alicyclic amines) is 1. The van der Waals surface area contributed by atoms with E-state index in [2.05, 4.69) is 34.4 Å². The number of unbranched alkanes of at least 4 members (excludes halogenated alkanes) is 3. The first-order valence-corrected chi connectivity index (χ1v) is 19.4. The average molecular weight is 787 g/mol. The molecule has 3 amide bonds. The van der Waals surface area contributed by atoms with Gasteiger partial charge in [0.05, 0.1) is 24.0 Å². The highest BCUT2D eigenvalue weighted by molar-refractivity contribution is 9.09. The molecule has 7 atom stereocenters. The van der Waals surface area contributed by atoms with Gasteiger partial charge in [0, 0.05) is 36.6 Å². The molecule has 2 N–H and O–H groups in total. The summed E-state index contributed by atoms with van der Waals surface area (Å²) in [7, 11) is 0. The number of alkyl halides is 1. The zero-order chi connectivity index (χ0) is 37.5. The van der Waals surface area contributed by atoms with Gasteiger partial charge in [-0.2, -0.15) is 0 Å². The topological polar surface area (TPSA) is 125 Å². The van der Waals surface area contributed by atoms with Gasteiger partial charge in [-0.05, 0) is 54.2 Å². The van der Waals surface area contributed by atoms with Crippen LogP contribution in [-0.4, -0.2) is 82.6 Å².